The van der Waals surface area contributed by atoms with Crippen molar-refractivity contribution in [2.45, 2.75) is 45.1 Å². The van der Waals surface area contributed by atoms with Gasteiger partial charge >= 0.3 is 0 Å². The maximum absolute atomic E-state index is 12.2. The van der Waals surface area contributed by atoms with E-state index in [1.807, 2.05) is 27.7 Å². The van der Waals surface area contributed by atoms with Gasteiger partial charge in [0.05, 0.1) is 4.90 Å². The Hall–Kier alpha value is -1.20. The van der Waals surface area contributed by atoms with Crippen LogP contribution in [0.5, 0.6) is 0 Å². The maximum atomic E-state index is 12.2. The number of hydrogen-bond donors (Lipinski definition) is 1. The third-order valence-electron chi connectivity index (χ3n) is 3.01. The fourth-order valence-electron chi connectivity index (χ4n) is 1.65. The molecule has 0 saturated carbocycles. The Morgan fingerprint density at radius 2 is 1.74 bits per heavy atom. The number of sulfonamides is 1. The monoisotopic (exact) mass is 283 g/mol. The van der Waals surface area contributed by atoms with Crippen molar-refractivity contribution in [3.8, 4) is 0 Å². The van der Waals surface area contributed by atoms with Crippen LogP contribution >= 0.6 is 0 Å². The number of hydrogen-bond acceptors (Lipinski definition) is 3. The number of aldehydes is 1. The Kier molecular flexibility index (Phi) is 4.87. The zero-order valence-corrected chi connectivity index (χ0v) is 12.6. The van der Waals surface area contributed by atoms with Crippen LogP contribution in [0.15, 0.2) is 29.2 Å². The second-order valence-corrected chi connectivity index (χ2v) is 7.47. The second-order valence-electron chi connectivity index (χ2n) is 5.76. The molecule has 19 heavy (non-hydrogen) atoms. The molecule has 1 aromatic carbocycles. The molecule has 4 nitrogen and oxygen atoms in total. The van der Waals surface area contributed by atoms with Crippen LogP contribution in [0.1, 0.15) is 32.8 Å². The van der Waals surface area contributed by atoms with Gasteiger partial charge in [-0.05, 0) is 24.5 Å². The number of benzene rings is 1. The van der Waals surface area contributed by atoms with Crippen LogP contribution < -0.4 is 4.72 Å². The van der Waals surface area contributed by atoms with Gasteiger partial charge in [0.25, 0.3) is 0 Å². The molecule has 106 valence electrons. The van der Waals surface area contributed by atoms with E-state index in [0.29, 0.717) is 0 Å². The first-order valence-electron chi connectivity index (χ1n) is 6.19. The predicted molar refractivity (Wildman–Crippen MR) is 75.4 cm³/mol. The van der Waals surface area contributed by atoms with Crippen molar-refractivity contribution in [2.24, 2.45) is 5.41 Å². The van der Waals surface area contributed by atoms with Crippen molar-refractivity contribution in [3.63, 3.8) is 0 Å². The molecule has 5 heteroatoms. The van der Waals surface area contributed by atoms with Crippen molar-refractivity contribution in [3.05, 3.63) is 29.8 Å². The molecule has 0 aliphatic carbocycles. The lowest BCUT2D eigenvalue weighted by molar-refractivity contribution is -0.108. The smallest absolute Gasteiger partial charge is 0.240 e. The summed E-state index contributed by atoms with van der Waals surface area (Å²) in [6, 6.07) is 6.22. The fraction of sp³-hybridized carbons (Fsp3) is 0.500. The van der Waals surface area contributed by atoms with Gasteiger partial charge in [0.2, 0.25) is 10.0 Å². The summed E-state index contributed by atoms with van der Waals surface area (Å²) in [6.07, 6.45) is 0.905. The maximum Gasteiger partial charge on any atom is 0.240 e. The minimum atomic E-state index is -3.59. The Morgan fingerprint density at radius 3 is 2.16 bits per heavy atom. The standard InChI is InChI=1S/C14H21NO3S/c1-11-5-7-12(8-6-11)19(17,18)15-13(9-10-16)14(2,3)4/h5-8,10,13,15H,9H2,1-4H3/t13-/m1/s1. The number of carbonyl (C=O) groups excluding carboxylic acids is 1. The summed E-state index contributed by atoms with van der Waals surface area (Å²) in [5, 5.41) is 0. The van der Waals surface area contributed by atoms with E-state index in [2.05, 4.69) is 4.72 Å². The van der Waals surface area contributed by atoms with Gasteiger partial charge < -0.3 is 4.79 Å². The van der Waals surface area contributed by atoms with Gasteiger partial charge in [0, 0.05) is 12.5 Å². The first-order chi connectivity index (χ1) is 8.66. The zero-order valence-electron chi connectivity index (χ0n) is 11.8. The van der Waals surface area contributed by atoms with Crippen molar-refractivity contribution in [1.82, 2.24) is 4.72 Å². The quantitative estimate of drug-likeness (QED) is 0.843. The lowest BCUT2D eigenvalue weighted by Gasteiger charge is -2.29. The number of aryl methyl sites for hydroxylation is 1. The Morgan fingerprint density at radius 1 is 1.21 bits per heavy atom. The van der Waals surface area contributed by atoms with Crippen LogP contribution in [-0.2, 0) is 14.8 Å². The number of nitrogens with one attached hydrogen (secondary N) is 1. The highest BCUT2D eigenvalue weighted by atomic mass is 32.2. The van der Waals surface area contributed by atoms with Gasteiger partial charge in [-0.25, -0.2) is 13.1 Å². The van der Waals surface area contributed by atoms with Crippen LogP contribution in [-0.4, -0.2) is 20.7 Å². The highest BCUT2D eigenvalue weighted by Gasteiger charge is 2.29. The molecule has 0 aromatic heterocycles. The van der Waals surface area contributed by atoms with Crippen LogP contribution in [0, 0.1) is 12.3 Å². The molecule has 0 heterocycles. The highest BCUT2D eigenvalue weighted by Crippen LogP contribution is 2.23. The first-order valence-corrected chi connectivity index (χ1v) is 7.68. The lowest BCUT2D eigenvalue weighted by atomic mass is 9.86. The topological polar surface area (TPSA) is 63.2 Å². The SMILES string of the molecule is Cc1ccc(S(=O)(=O)N[C@H](CC=O)C(C)(C)C)cc1. The van der Waals surface area contributed by atoms with E-state index in [4.69, 9.17) is 0 Å². The van der Waals surface area contributed by atoms with E-state index in [-0.39, 0.29) is 16.7 Å². The highest BCUT2D eigenvalue weighted by molar-refractivity contribution is 7.89. The summed E-state index contributed by atoms with van der Waals surface area (Å²) in [4.78, 5) is 10.9. The summed E-state index contributed by atoms with van der Waals surface area (Å²) < 4.78 is 27.1. The van der Waals surface area contributed by atoms with E-state index < -0.39 is 16.1 Å². The summed E-state index contributed by atoms with van der Waals surface area (Å²) in [6.45, 7) is 7.60. The van der Waals surface area contributed by atoms with E-state index in [9.17, 15) is 13.2 Å². The number of carbonyl (C=O) groups is 1. The van der Waals surface area contributed by atoms with Gasteiger partial charge in [-0.3, -0.25) is 0 Å². The third kappa shape index (κ3) is 4.44. The molecule has 0 fully saturated rings. The average molecular weight is 283 g/mol. The van der Waals surface area contributed by atoms with Crippen LogP contribution in [0.3, 0.4) is 0 Å². The molecule has 0 amide bonds. The van der Waals surface area contributed by atoms with Crippen molar-refractivity contribution >= 4 is 16.3 Å². The first kappa shape index (κ1) is 15.9. The molecular weight excluding hydrogens is 262 g/mol. The molecule has 0 aliphatic rings. The van der Waals surface area contributed by atoms with Gasteiger partial charge in [-0.2, -0.15) is 0 Å². The summed E-state index contributed by atoms with van der Waals surface area (Å²) in [5.41, 5.74) is 0.679. The van der Waals surface area contributed by atoms with Crippen LogP contribution in [0.4, 0.5) is 0 Å². The van der Waals surface area contributed by atoms with Gasteiger partial charge in [0.15, 0.2) is 0 Å². The van der Waals surface area contributed by atoms with E-state index in [1.165, 1.54) is 0 Å². The molecule has 1 atom stereocenters. The molecule has 0 aliphatic heterocycles. The molecular formula is C14H21NO3S. The Labute approximate surface area is 115 Å². The molecule has 1 aromatic rings. The van der Waals surface area contributed by atoms with Crippen LogP contribution in [0.2, 0.25) is 0 Å². The molecule has 1 N–H and O–H groups in total. The third-order valence-corrected chi connectivity index (χ3v) is 4.49. The predicted octanol–water partition coefficient (Wildman–Crippen LogP) is 2.28. The van der Waals surface area contributed by atoms with Crippen molar-refractivity contribution in [1.29, 1.82) is 0 Å². The summed E-state index contributed by atoms with van der Waals surface area (Å²) >= 11 is 0. The summed E-state index contributed by atoms with van der Waals surface area (Å²) in [5.74, 6) is 0. The van der Waals surface area contributed by atoms with Gasteiger partial charge in [-0.15, -0.1) is 0 Å². The second kappa shape index (κ2) is 5.84. The summed E-state index contributed by atoms with van der Waals surface area (Å²) in [7, 11) is -3.59. The molecule has 0 spiro atoms. The molecule has 0 saturated heterocycles. The Balaban J connectivity index is 3.00. The molecule has 0 radical (unpaired) electrons. The zero-order chi connectivity index (χ0) is 14.7. The largest absolute Gasteiger partial charge is 0.303 e. The normalized spacial score (nSPS) is 14.1. The van der Waals surface area contributed by atoms with Gasteiger partial charge in [-0.1, -0.05) is 38.5 Å². The molecule has 0 unspecified atom stereocenters. The Bertz CT molecular complexity index is 527. The fourth-order valence-corrected chi connectivity index (χ4v) is 3.10. The minimum absolute atomic E-state index is 0.161. The minimum Gasteiger partial charge on any atom is -0.303 e. The van der Waals surface area contributed by atoms with Crippen LogP contribution in [0.25, 0.3) is 0 Å². The van der Waals surface area contributed by atoms with E-state index in [0.717, 1.165) is 11.8 Å². The molecule has 0 bridgehead atoms. The average Bonchev–Trinajstić information content (AvgIpc) is 2.27. The van der Waals surface area contributed by atoms with Crippen molar-refractivity contribution in [2.75, 3.05) is 0 Å². The van der Waals surface area contributed by atoms with E-state index in [1.54, 1.807) is 24.3 Å². The number of rotatable bonds is 5. The van der Waals surface area contributed by atoms with E-state index >= 15 is 0 Å². The molecule has 1 rings (SSSR count). The van der Waals surface area contributed by atoms with Gasteiger partial charge in [0.1, 0.15) is 6.29 Å². The van der Waals surface area contributed by atoms with Crippen molar-refractivity contribution < 1.29 is 13.2 Å². The lowest BCUT2D eigenvalue weighted by Crippen LogP contribution is -2.43.